The molecule has 2 aromatic carbocycles. The molecule has 1 aliphatic heterocycles. The molecule has 8 N–H and O–H groups in total. The lowest BCUT2D eigenvalue weighted by Crippen LogP contribution is -2.61. The second-order valence-electron chi connectivity index (χ2n) is 7.80. The first-order valence-corrected chi connectivity index (χ1v) is 10.2. The number of carbonyl (C=O) groups is 1. The molecular weight excluding hydrogens is 488 g/mol. The highest BCUT2D eigenvalue weighted by molar-refractivity contribution is 5.91. The number of aliphatic hydroxyl groups excluding tert-OH is 3. The number of fused-ring (bicyclic) bond motifs is 1. The Labute approximate surface area is 200 Å². The lowest BCUT2D eigenvalue weighted by atomic mass is 9.99. The first kappa shape index (κ1) is 24.9. The summed E-state index contributed by atoms with van der Waals surface area (Å²) in [5.41, 5.74) is -1.50. The SMILES string of the molecule is COc1c(O[C@@H]2O[C@H](C(=O)O)[C@@H](O)[C@H](O)[C@H]2O)cc2oc(-c3ccc(O)c(O)c3)c(O)c(=O)c2c1O. The predicted molar refractivity (Wildman–Crippen MR) is 116 cm³/mol. The highest BCUT2D eigenvalue weighted by Gasteiger charge is 2.48. The van der Waals surface area contributed by atoms with Gasteiger partial charge in [0.05, 0.1) is 7.11 Å². The number of hydrogen-bond donors (Lipinski definition) is 8. The van der Waals surface area contributed by atoms with Gasteiger partial charge in [-0.15, -0.1) is 0 Å². The van der Waals surface area contributed by atoms with Crippen LogP contribution < -0.4 is 14.9 Å². The zero-order valence-corrected chi connectivity index (χ0v) is 18.2. The van der Waals surface area contributed by atoms with Gasteiger partial charge in [0.15, 0.2) is 34.9 Å². The molecule has 1 aromatic heterocycles. The van der Waals surface area contributed by atoms with Crippen molar-refractivity contribution in [2.75, 3.05) is 7.11 Å². The van der Waals surface area contributed by atoms with Crippen LogP contribution in [0.25, 0.3) is 22.3 Å². The molecule has 1 fully saturated rings. The van der Waals surface area contributed by atoms with Crippen LogP contribution in [0.1, 0.15) is 0 Å². The van der Waals surface area contributed by atoms with Crippen molar-refractivity contribution < 1.29 is 64.3 Å². The van der Waals surface area contributed by atoms with E-state index in [0.717, 1.165) is 25.3 Å². The molecule has 1 aliphatic rings. The number of carboxylic acids is 1. The molecule has 1 saturated heterocycles. The fourth-order valence-electron chi connectivity index (χ4n) is 3.70. The second kappa shape index (κ2) is 9.09. The van der Waals surface area contributed by atoms with Gasteiger partial charge in [-0.1, -0.05) is 0 Å². The molecule has 3 aromatic rings. The first-order chi connectivity index (χ1) is 17.0. The highest BCUT2D eigenvalue weighted by atomic mass is 16.7. The molecule has 4 rings (SSSR count). The summed E-state index contributed by atoms with van der Waals surface area (Å²) in [4.78, 5) is 24.2. The Balaban J connectivity index is 1.85. The van der Waals surface area contributed by atoms with Crippen LogP contribution >= 0.6 is 0 Å². The summed E-state index contributed by atoms with van der Waals surface area (Å²) in [5.74, 6) is -5.87. The number of aliphatic carboxylic acids is 1. The third kappa shape index (κ3) is 3.97. The molecule has 192 valence electrons. The molecule has 0 unspecified atom stereocenters. The van der Waals surface area contributed by atoms with Gasteiger partial charge >= 0.3 is 5.97 Å². The first-order valence-electron chi connectivity index (χ1n) is 10.2. The summed E-state index contributed by atoms with van der Waals surface area (Å²) >= 11 is 0. The molecule has 14 nitrogen and oxygen atoms in total. The minimum atomic E-state index is -1.98. The van der Waals surface area contributed by atoms with Crippen LogP contribution in [0.2, 0.25) is 0 Å². The van der Waals surface area contributed by atoms with Gasteiger partial charge in [-0.05, 0) is 18.2 Å². The molecule has 14 heteroatoms. The molecule has 0 bridgehead atoms. The van der Waals surface area contributed by atoms with Gasteiger partial charge in [0, 0.05) is 11.6 Å². The number of ether oxygens (including phenoxy) is 3. The van der Waals surface area contributed by atoms with Gasteiger partial charge in [0.2, 0.25) is 23.2 Å². The van der Waals surface area contributed by atoms with Crippen LogP contribution in [0.5, 0.6) is 34.5 Å². The van der Waals surface area contributed by atoms with Gasteiger partial charge in [0.1, 0.15) is 29.3 Å². The normalized spacial score (nSPS) is 23.9. The van der Waals surface area contributed by atoms with Crippen LogP contribution in [-0.4, -0.2) is 84.6 Å². The number of aliphatic hydroxyl groups is 3. The third-order valence-corrected chi connectivity index (χ3v) is 5.55. The van der Waals surface area contributed by atoms with E-state index in [1.807, 2.05) is 0 Å². The molecule has 36 heavy (non-hydrogen) atoms. The Morgan fingerprint density at radius 3 is 2.25 bits per heavy atom. The molecule has 2 heterocycles. The fourth-order valence-corrected chi connectivity index (χ4v) is 3.70. The average Bonchev–Trinajstić information content (AvgIpc) is 2.83. The predicted octanol–water partition coefficient (Wildman–Crippen LogP) is -0.438. The quantitative estimate of drug-likeness (QED) is 0.204. The van der Waals surface area contributed by atoms with Gasteiger partial charge in [-0.3, -0.25) is 4.79 Å². The van der Waals surface area contributed by atoms with Crippen LogP contribution in [0, 0.1) is 0 Å². The monoisotopic (exact) mass is 508 g/mol. The van der Waals surface area contributed by atoms with Gasteiger partial charge < -0.3 is 59.5 Å². The second-order valence-corrected chi connectivity index (χ2v) is 7.80. The van der Waals surface area contributed by atoms with Crippen molar-refractivity contribution in [1.82, 2.24) is 0 Å². The maximum atomic E-state index is 12.8. The number of hydrogen-bond acceptors (Lipinski definition) is 13. The van der Waals surface area contributed by atoms with E-state index in [1.165, 1.54) is 6.07 Å². The summed E-state index contributed by atoms with van der Waals surface area (Å²) in [5, 5.41) is 79.1. The Morgan fingerprint density at radius 1 is 0.944 bits per heavy atom. The zero-order chi connectivity index (χ0) is 26.5. The molecule has 0 aliphatic carbocycles. The lowest BCUT2D eigenvalue weighted by molar-refractivity contribution is -0.271. The number of rotatable bonds is 5. The van der Waals surface area contributed by atoms with Crippen LogP contribution in [0.3, 0.4) is 0 Å². The van der Waals surface area contributed by atoms with Crippen molar-refractivity contribution in [1.29, 1.82) is 0 Å². The van der Waals surface area contributed by atoms with Crippen molar-refractivity contribution in [3.8, 4) is 45.8 Å². The third-order valence-electron chi connectivity index (χ3n) is 5.55. The smallest absolute Gasteiger partial charge is 0.335 e. The van der Waals surface area contributed by atoms with E-state index < -0.39 is 87.7 Å². The van der Waals surface area contributed by atoms with E-state index in [1.54, 1.807) is 0 Å². The van der Waals surface area contributed by atoms with Crippen molar-refractivity contribution in [3.05, 3.63) is 34.5 Å². The number of phenolic OH excluding ortho intramolecular Hbond substituents is 3. The van der Waals surface area contributed by atoms with E-state index in [9.17, 15) is 50.4 Å². The molecule has 5 atom stereocenters. The summed E-state index contributed by atoms with van der Waals surface area (Å²) < 4.78 is 21.1. The van der Waals surface area contributed by atoms with Crippen LogP contribution in [-0.2, 0) is 9.53 Å². The maximum Gasteiger partial charge on any atom is 0.335 e. The molecule has 0 amide bonds. The lowest BCUT2D eigenvalue weighted by Gasteiger charge is -2.38. The summed E-state index contributed by atoms with van der Waals surface area (Å²) in [6, 6.07) is 4.31. The molecule has 0 saturated carbocycles. The van der Waals surface area contributed by atoms with E-state index in [4.69, 9.17) is 18.6 Å². The fraction of sp³-hybridized carbons (Fsp3) is 0.273. The minimum absolute atomic E-state index is 0.0213. The standard InChI is InChI=1S/C22H20O14/c1-33-19-10(35-22-17(30)14(27)16(29)20(36-22)21(31)32)5-9-11(13(19)26)12(25)15(28)18(34-9)6-2-3-7(23)8(24)4-6/h2-5,14,16-17,20,22-24,26-30H,1H3,(H,31,32)/t14-,16-,17+,20-,22+/m0/s1. The van der Waals surface area contributed by atoms with E-state index >= 15 is 0 Å². The number of methoxy groups -OCH3 is 1. The molecule has 0 spiro atoms. The van der Waals surface area contributed by atoms with Gasteiger partial charge in [-0.2, -0.15) is 0 Å². The number of carboxylic acid groups (broad SMARTS) is 1. The number of aromatic hydroxyl groups is 4. The van der Waals surface area contributed by atoms with Gasteiger partial charge in [-0.25, -0.2) is 4.79 Å². The highest BCUT2D eigenvalue weighted by Crippen LogP contribution is 2.45. The van der Waals surface area contributed by atoms with Crippen LogP contribution in [0.15, 0.2) is 33.5 Å². The topological polar surface area (TPSA) is 237 Å². The Bertz CT molecular complexity index is 1400. The van der Waals surface area contributed by atoms with E-state index in [0.29, 0.717) is 0 Å². The van der Waals surface area contributed by atoms with Gasteiger partial charge in [0.25, 0.3) is 0 Å². The van der Waals surface area contributed by atoms with Crippen molar-refractivity contribution in [3.63, 3.8) is 0 Å². The van der Waals surface area contributed by atoms with Crippen LogP contribution in [0.4, 0.5) is 0 Å². The Morgan fingerprint density at radius 2 is 1.64 bits per heavy atom. The van der Waals surface area contributed by atoms with E-state index in [2.05, 4.69) is 0 Å². The van der Waals surface area contributed by atoms with E-state index in [-0.39, 0.29) is 11.1 Å². The minimum Gasteiger partial charge on any atom is -0.504 e. The number of benzene rings is 2. The van der Waals surface area contributed by atoms with Crippen molar-refractivity contribution in [2.24, 2.45) is 0 Å². The number of phenols is 3. The maximum absolute atomic E-state index is 12.8. The Hall–Kier alpha value is -4.24. The zero-order valence-electron chi connectivity index (χ0n) is 18.2. The molecular formula is C22H20O14. The molecule has 0 radical (unpaired) electrons. The largest absolute Gasteiger partial charge is 0.504 e. The summed E-state index contributed by atoms with van der Waals surface area (Å²) in [6.45, 7) is 0. The van der Waals surface area contributed by atoms with Crippen molar-refractivity contribution >= 4 is 16.9 Å². The average molecular weight is 508 g/mol. The summed E-state index contributed by atoms with van der Waals surface area (Å²) in [6.07, 6.45) is -9.76. The Kier molecular flexibility index (Phi) is 6.28. The summed E-state index contributed by atoms with van der Waals surface area (Å²) in [7, 11) is 1.08. The van der Waals surface area contributed by atoms with Crippen molar-refractivity contribution in [2.45, 2.75) is 30.7 Å².